The molecular weight excluding hydrogens is 480 g/mol. The van der Waals surface area contributed by atoms with Crippen molar-refractivity contribution < 1.29 is 31.9 Å². The van der Waals surface area contributed by atoms with E-state index in [0.29, 0.717) is 22.1 Å². The zero-order valence-corrected chi connectivity index (χ0v) is 18.9. The van der Waals surface area contributed by atoms with Crippen LogP contribution in [-0.2, 0) is 17.9 Å². The highest BCUT2D eigenvalue weighted by Crippen LogP contribution is 2.31. The molecule has 3 heterocycles. The molecular formula is C22H19ClF4N4O3. The molecule has 1 aromatic carbocycles. The molecule has 2 aromatic heterocycles. The van der Waals surface area contributed by atoms with Crippen molar-refractivity contribution in [2.24, 2.45) is 0 Å². The normalized spacial score (nSPS) is 13.4. The molecule has 1 aliphatic rings. The van der Waals surface area contributed by atoms with Gasteiger partial charge in [0.2, 0.25) is 5.78 Å². The largest absolute Gasteiger partial charge is 0.493 e. The summed E-state index contributed by atoms with van der Waals surface area (Å²) >= 11 is 6.25. The highest BCUT2D eigenvalue weighted by molar-refractivity contribution is 6.31. The fraction of sp³-hybridized carbons (Fsp3) is 0.364. The number of Topliss-reactive ketones (excluding diaryl/α,β-unsaturated/α-hetero) is 1. The number of alkyl halides is 3. The first-order valence-corrected chi connectivity index (χ1v) is 10.7. The molecule has 1 aliphatic heterocycles. The van der Waals surface area contributed by atoms with Crippen molar-refractivity contribution in [1.29, 1.82) is 0 Å². The second kappa shape index (κ2) is 8.86. The van der Waals surface area contributed by atoms with Gasteiger partial charge in [-0.25, -0.2) is 13.9 Å². The minimum Gasteiger partial charge on any atom is -0.493 e. The third-order valence-corrected chi connectivity index (χ3v) is 6.09. The van der Waals surface area contributed by atoms with Gasteiger partial charge in [0.25, 0.3) is 5.91 Å². The predicted molar refractivity (Wildman–Crippen MR) is 113 cm³/mol. The van der Waals surface area contributed by atoms with Gasteiger partial charge in [-0.1, -0.05) is 11.6 Å². The number of carbonyl (C=O) groups is 2. The second-order valence-electron chi connectivity index (χ2n) is 7.93. The van der Waals surface area contributed by atoms with Crippen LogP contribution in [-0.4, -0.2) is 44.0 Å². The van der Waals surface area contributed by atoms with Crippen molar-refractivity contribution in [1.82, 2.24) is 19.5 Å². The SMILES string of the molecule is Cc1nc2c3c(nn2c(C)c1Cl)CN(C(=O)c1ccc(F)cc1OCCCC(=O)C(F)(F)F)C3. The molecule has 0 unspecified atom stereocenters. The molecule has 1 amide bonds. The molecule has 0 bridgehead atoms. The Balaban J connectivity index is 1.50. The third kappa shape index (κ3) is 4.44. The number of hydrogen-bond donors (Lipinski definition) is 0. The van der Waals surface area contributed by atoms with E-state index in [1.165, 1.54) is 11.0 Å². The lowest BCUT2D eigenvalue weighted by Gasteiger charge is -2.18. The summed E-state index contributed by atoms with van der Waals surface area (Å²) in [5, 5.41) is 5.02. The van der Waals surface area contributed by atoms with E-state index in [0.717, 1.165) is 23.4 Å². The molecule has 0 spiro atoms. The van der Waals surface area contributed by atoms with Crippen LogP contribution in [0.2, 0.25) is 5.02 Å². The zero-order chi connectivity index (χ0) is 24.8. The monoisotopic (exact) mass is 498 g/mol. The first kappa shape index (κ1) is 23.9. The van der Waals surface area contributed by atoms with Crippen LogP contribution in [0, 0.1) is 19.7 Å². The summed E-state index contributed by atoms with van der Waals surface area (Å²) in [4.78, 5) is 30.2. The summed E-state index contributed by atoms with van der Waals surface area (Å²) in [6.45, 7) is 3.70. The minimum atomic E-state index is -4.91. The first-order chi connectivity index (χ1) is 16.0. The topological polar surface area (TPSA) is 76.8 Å². The van der Waals surface area contributed by atoms with E-state index in [1.807, 2.05) is 6.92 Å². The van der Waals surface area contributed by atoms with Crippen LogP contribution in [0.1, 0.15) is 45.8 Å². The van der Waals surface area contributed by atoms with Crippen molar-refractivity contribution in [3.05, 3.63) is 57.2 Å². The number of aromatic nitrogens is 3. The third-order valence-electron chi connectivity index (χ3n) is 5.54. The Bertz CT molecular complexity index is 1310. The highest BCUT2D eigenvalue weighted by Gasteiger charge is 2.37. The summed E-state index contributed by atoms with van der Waals surface area (Å²) < 4.78 is 57.8. The van der Waals surface area contributed by atoms with E-state index >= 15 is 0 Å². The number of halogens is 5. The molecule has 0 saturated heterocycles. The van der Waals surface area contributed by atoms with Crippen molar-refractivity contribution >= 4 is 28.9 Å². The Hall–Kier alpha value is -3.21. The van der Waals surface area contributed by atoms with Crippen molar-refractivity contribution in [2.45, 2.75) is 46.0 Å². The Morgan fingerprint density at radius 2 is 1.94 bits per heavy atom. The van der Waals surface area contributed by atoms with Gasteiger partial charge in [0.05, 0.1) is 47.4 Å². The number of ketones is 1. The summed E-state index contributed by atoms with van der Waals surface area (Å²) in [6, 6.07) is 3.33. The lowest BCUT2D eigenvalue weighted by molar-refractivity contribution is -0.171. The number of nitrogens with zero attached hydrogens (tertiary/aromatic N) is 4. The molecule has 0 radical (unpaired) electrons. The van der Waals surface area contributed by atoms with Crippen LogP contribution in [0.4, 0.5) is 17.6 Å². The lowest BCUT2D eigenvalue weighted by Crippen LogP contribution is -2.27. The van der Waals surface area contributed by atoms with Gasteiger partial charge < -0.3 is 9.64 Å². The molecule has 7 nitrogen and oxygen atoms in total. The second-order valence-corrected chi connectivity index (χ2v) is 8.31. The molecule has 0 fully saturated rings. The summed E-state index contributed by atoms with van der Waals surface area (Å²) in [6.07, 6.45) is -5.91. The molecule has 0 saturated carbocycles. The van der Waals surface area contributed by atoms with E-state index in [4.69, 9.17) is 16.3 Å². The molecule has 12 heteroatoms. The smallest absolute Gasteiger partial charge is 0.449 e. The van der Waals surface area contributed by atoms with Gasteiger partial charge in [-0.3, -0.25) is 9.59 Å². The maximum atomic E-state index is 13.8. The molecule has 34 heavy (non-hydrogen) atoms. The molecule has 180 valence electrons. The van der Waals surface area contributed by atoms with Crippen LogP contribution >= 0.6 is 11.6 Å². The summed E-state index contributed by atoms with van der Waals surface area (Å²) in [7, 11) is 0. The predicted octanol–water partition coefficient (Wildman–Crippen LogP) is 4.59. The number of rotatable bonds is 6. The Kier molecular flexibility index (Phi) is 6.24. The van der Waals surface area contributed by atoms with Gasteiger partial charge in [0.15, 0.2) is 5.65 Å². The first-order valence-electron chi connectivity index (χ1n) is 10.3. The van der Waals surface area contributed by atoms with Crippen molar-refractivity contribution in [3.8, 4) is 5.75 Å². The number of aryl methyl sites for hydroxylation is 2. The van der Waals surface area contributed by atoms with Gasteiger partial charge in [-0.2, -0.15) is 18.3 Å². The lowest BCUT2D eigenvalue weighted by atomic mass is 10.1. The minimum absolute atomic E-state index is 0.0500. The Morgan fingerprint density at radius 1 is 1.21 bits per heavy atom. The average Bonchev–Trinajstić information content (AvgIpc) is 3.33. The van der Waals surface area contributed by atoms with Crippen LogP contribution < -0.4 is 4.74 Å². The maximum absolute atomic E-state index is 13.8. The van der Waals surface area contributed by atoms with Gasteiger partial charge in [-0.15, -0.1) is 0 Å². The quantitative estimate of drug-likeness (QED) is 0.367. The number of fused-ring (bicyclic) bond motifs is 3. The number of carbonyl (C=O) groups excluding carboxylic acids is 2. The van der Waals surface area contributed by atoms with E-state index in [1.54, 1.807) is 11.4 Å². The van der Waals surface area contributed by atoms with Crippen molar-refractivity contribution in [2.75, 3.05) is 6.61 Å². The van der Waals surface area contributed by atoms with E-state index < -0.39 is 30.1 Å². The van der Waals surface area contributed by atoms with Crippen LogP contribution in [0.5, 0.6) is 5.75 Å². The Morgan fingerprint density at radius 3 is 2.65 bits per heavy atom. The van der Waals surface area contributed by atoms with Crippen LogP contribution in [0.15, 0.2) is 18.2 Å². The van der Waals surface area contributed by atoms with E-state index in [-0.39, 0.29) is 37.4 Å². The van der Waals surface area contributed by atoms with Crippen molar-refractivity contribution in [3.63, 3.8) is 0 Å². The standard InChI is InChI=1S/C22H19ClF4N4O3/c1-11-19(23)12(2)31-20(28-11)15-9-30(10-16(15)29-31)21(33)14-6-5-13(24)8-17(14)34-7-3-4-18(32)22(25,26)27/h5-6,8H,3-4,7,9-10H2,1-2H3. The van der Waals surface area contributed by atoms with Crippen LogP contribution in [0.3, 0.4) is 0 Å². The molecule has 0 N–H and O–H groups in total. The Labute approximate surface area is 196 Å². The van der Waals surface area contributed by atoms with Gasteiger partial charge in [-0.05, 0) is 32.4 Å². The van der Waals surface area contributed by atoms with Gasteiger partial charge >= 0.3 is 6.18 Å². The number of amides is 1. The maximum Gasteiger partial charge on any atom is 0.449 e. The van der Waals surface area contributed by atoms with E-state index in [2.05, 4.69) is 10.1 Å². The van der Waals surface area contributed by atoms with E-state index in [9.17, 15) is 27.2 Å². The molecule has 0 aliphatic carbocycles. The number of hydrogen-bond acceptors (Lipinski definition) is 5. The fourth-order valence-corrected chi connectivity index (χ4v) is 3.90. The summed E-state index contributed by atoms with van der Waals surface area (Å²) in [5.41, 5.74) is 3.43. The zero-order valence-electron chi connectivity index (χ0n) is 18.2. The average molecular weight is 499 g/mol. The van der Waals surface area contributed by atoms with Gasteiger partial charge in [0.1, 0.15) is 11.6 Å². The number of benzene rings is 1. The van der Waals surface area contributed by atoms with Crippen LogP contribution in [0.25, 0.3) is 5.65 Å². The van der Waals surface area contributed by atoms with Gasteiger partial charge in [0, 0.05) is 18.1 Å². The summed E-state index contributed by atoms with van der Waals surface area (Å²) in [5.74, 6) is -3.11. The number of ether oxygens (including phenoxy) is 1. The molecule has 3 aromatic rings. The fourth-order valence-electron chi connectivity index (χ4n) is 3.78. The highest BCUT2D eigenvalue weighted by atomic mass is 35.5. The molecule has 4 rings (SSSR count). The molecule has 0 atom stereocenters.